The van der Waals surface area contributed by atoms with E-state index in [2.05, 4.69) is 0 Å². The van der Waals surface area contributed by atoms with Crippen LogP contribution in [0.15, 0.2) is 127 Å². The Bertz CT molecular complexity index is 1580. The van der Waals surface area contributed by atoms with Gasteiger partial charge in [-0.2, -0.15) is 0 Å². The van der Waals surface area contributed by atoms with Crippen molar-refractivity contribution in [1.82, 2.24) is 0 Å². The van der Waals surface area contributed by atoms with Gasteiger partial charge in [-0.05, 0) is 32.3 Å². The first kappa shape index (κ1) is 30.4. The van der Waals surface area contributed by atoms with Crippen LogP contribution < -0.4 is 15.3 Å². The predicted molar refractivity (Wildman–Crippen MR) is 145 cm³/mol. The van der Waals surface area contributed by atoms with Gasteiger partial charge in [0, 0.05) is 16.7 Å². The van der Waals surface area contributed by atoms with E-state index in [0.717, 1.165) is 32.3 Å². The number of aromatic carboxylic acids is 3. The largest absolute Gasteiger partial charge is 3.00 e. The second-order valence-corrected chi connectivity index (χ2v) is 8.44. The molecule has 0 heterocycles. The maximum atomic E-state index is 10.7. The van der Waals surface area contributed by atoms with E-state index in [-0.39, 0.29) is 58.4 Å². The molecule has 0 bridgehead atoms. The van der Waals surface area contributed by atoms with E-state index in [1.807, 2.05) is 72.8 Å². The third-order valence-electron chi connectivity index (χ3n) is 6.03. The average molecular weight is 654 g/mol. The SMILES string of the molecule is O=C([O-])c1cccc2ccccc12.O=C([O-])c1cccc2ccccc12.O=C([O-])c1cccc2ccccc12.[Ce+3]. The predicted octanol–water partition coefficient (Wildman–Crippen LogP) is 3.61. The van der Waals surface area contributed by atoms with Crippen LogP contribution in [0.4, 0.5) is 0 Å². The number of benzene rings is 6. The van der Waals surface area contributed by atoms with Crippen LogP contribution in [0.1, 0.15) is 31.1 Å². The minimum absolute atomic E-state index is 0. The van der Waals surface area contributed by atoms with Gasteiger partial charge in [-0.1, -0.05) is 127 Å². The molecule has 0 aromatic heterocycles. The Balaban J connectivity index is 0.000000163. The Kier molecular flexibility index (Phi) is 10.9. The molecule has 193 valence electrons. The maximum Gasteiger partial charge on any atom is 3.00 e. The van der Waals surface area contributed by atoms with Crippen LogP contribution >= 0.6 is 0 Å². The smallest absolute Gasteiger partial charge is 0.545 e. The molecule has 0 spiro atoms. The van der Waals surface area contributed by atoms with Crippen LogP contribution in [0.2, 0.25) is 0 Å². The first-order valence-corrected chi connectivity index (χ1v) is 11.9. The number of hydrogen-bond donors (Lipinski definition) is 0. The van der Waals surface area contributed by atoms with Gasteiger partial charge in [-0.3, -0.25) is 0 Å². The molecule has 6 aromatic carbocycles. The van der Waals surface area contributed by atoms with Crippen molar-refractivity contribution >= 4 is 50.2 Å². The van der Waals surface area contributed by atoms with Crippen LogP contribution in [0.25, 0.3) is 32.3 Å². The van der Waals surface area contributed by atoms with Gasteiger partial charge in [0.15, 0.2) is 0 Å². The number of carboxylic acid groups (broad SMARTS) is 3. The first-order valence-electron chi connectivity index (χ1n) is 11.9. The zero-order chi connectivity index (χ0) is 27.8. The van der Waals surface area contributed by atoms with E-state index in [0.29, 0.717) is 0 Å². The Morgan fingerprint density at radius 3 is 0.825 bits per heavy atom. The average Bonchev–Trinajstić information content (AvgIpc) is 2.96. The van der Waals surface area contributed by atoms with E-state index in [9.17, 15) is 29.7 Å². The summed E-state index contributed by atoms with van der Waals surface area (Å²) in [5.41, 5.74) is 0.745. The van der Waals surface area contributed by atoms with Gasteiger partial charge in [-0.25, -0.2) is 0 Å². The second-order valence-electron chi connectivity index (χ2n) is 8.44. The molecule has 0 unspecified atom stereocenters. The number of carboxylic acids is 3. The second kappa shape index (κ2) is 14.3. The molecule has 0 aliphatic carbocycles. The maximum absolute atomic E-state index is 10.7. The van der Waals surface area contributed by atoms with Gasteiger partial charge < -0.3 is 29.7 Å². The molecule has 40 heavy (non-hydrogen) atoms. The fourth-order valence-corrected chi connectivity index (χ4v) is 4.21. The van der Waals surface area contributed by atoms with Crippen LogP contribution in [-0.4, -0.2) is 17.9 Å². The quantitative estimate of drug-likeness (QED) is 0.288. The van der Waals surface area contributed by atoms with E-state index in [4.69, 9.17) is 0 Å². The Labute approximate surface area is 263 Å². The molecule has 0 aliphatic heterocycles. The zero-order valence-corrected chi connectivity index (χ0v) is 24.2. The summed E-state index contributed by atoms with van der Waals surface area (Å²) in [6.07, 6.45) is 0. The Morgan fingerprint density at radius 1 is 0.350 bits per heavy atom. The standard InChI is InChI=1S/3C11H8O2.Ce/c3*12-11(13)10-7-3-5-8-4-1-2-6-9(8)10;/h3*1-7H,(H,12,13);/q;;;+3/p-3. The molecule has 7 heteroatoms. The number of hydrogen-bond acceptors (Lipinski definition) is 6. The van der Waals surface area contributed by atoms with Crippen molar-refractivity contribution in [2.45, 2.75) is 0 Å². The first-order chi connectivity index (χ1) is 18.9. The Morgan fingerprint density at radius 2 is 0.575 bits per heavy atom. The van der Waals surface area contributed by atoms with Crippen molar-refractivity contribution in [2.24, 2.45) is 0 Å². The minimum atomic E-state index is -1.13. The van der Waals surface area contributed by atoms with E-state index in [1.165, 1.54) is 0 Å². The molecular formula is C33H21CeO6. The van der Waals surface area contributed by atoms with Crippen LogP contribution in [0, 0.1) is 41.7 Å². The van der Waals surface area contributed by atoms with Gasteiger partial charge >= 0.3 is 41.7 Å². The van der Waals surface area contributed by atoms with Crippen molar-refractivity contribution in [1.29, 1.82) is 0 Å². The molecule has 0 atom stereocenters. The fraction of sp³-hybridized carbons (Fsp3) is 0. The monoisotopic (exact) mass is 653 g/mol. The third-order valence-corrected chi connectivity index (χ3v) is 6.03. The molecule has 0 aliphatic rings. The van der Waals surface area contributed by atoms with Crippen molar-refractivity contribution in [3.8, 4) is 0 Å². The van der Waals surface area contributed by atoms with Gasteiger partial charge in [-0.15, -0.1) is 0 Å². The molecule has 0 saturated carbocycles. The van der Waals surface area contributed by atoms with Crippen molar-refractivity contribution < 1.29 is 71.5 Å². The molecule has 0 fully saturated rings. The summed E-state index contributed by atoms with van der Waals surface area (Å²) in [4.78, 5) is 32.1. The van der Waals surface area contributed by atoms with Crippen LogP contribution in [-0.2, 0) is 0 Å². The van der Waals surface area contributed by atoms with Crippen LogP contribution in [0.5, 0.6) is 0 Å². The summed E-state index contributed by atoms with van der Waals surface area (Å²) < 4.78 is 0. The minimum Gasteiger partial charge on any atom is -0.545 e. The van der Waals surface area contributed by atoms with E-state index >= 15 is 0 Å². The van der Waals surface area contributed by atoms with Crippen molar-refractivity contribution in [3.63, 3.8) is 0 Å². The van der Waals surface area contributed by atoms with Gasteiger partial charge in [0.1, 0.15) is 0 Å². The van der Waals surface area contributed by atoms with Crippen LogP contribution in [0.3, 0.4) is 0 Å². The zero-order valence-electron chi connectivity index (χ0n) is 21.1. The summed E-state index contributed by atoms with van der Waals surface area (Å²) in [6.45, 7) is 0. The summed E-state index contributed by atoms with van der Waals surface area (Å²) in [7, 11) is 0. The third kappa shape index (κ3) is 7.29. The normalized spacial score (nSPS) is 9.90. The van der Waals surface area contributed by atoms with Gasteiger partial charge in [0.2, 0.25) is 0 Å². The molecule has 0 N–H and O–H groups in total. The number of carbonyl (C=O) groups is 3. The number of carbonyl (C=O) groups excluding carboxylic acids is 3. The summed E-state index contributed by atoms with van der Waals surface area (Å²) >= 11 is 0. The molecular weight excluding hydrogens is 632 g/mol. The molecule has 6 nitrogen and oxygen atoms in total. The molecule has 1 radical (unpaired) electrons. The Hall–Kier alpha value is -4.11. The van der Waals surface area contributed by atoms with E-state index < -0.39 is 17.9 Å². The summed E-state index contributed by atoms with van der Waals surface area (Å²) in [5, 5.41) is 37.1. The fourth-order valence-electron chi connectivity index (χ4n) is 4.21. The number of fused-ring (bicyclic) bond motifs is 3. The van der Waals surface area contributed by atoms with Gasteiger partial charge in [0.05, 0.1) is 17.9 Å². The topological polar surface area (TPSA) is 120 Å². The van der Waals surface area contributed by atoms with E-state index in [1.54, 1.807) is 54.6 Å². The van der Waals surface area contributed by atoms with Gasteiger partial charge in [0.25, 0.3) is 0 Å². The number of rotatable bonds is 3. The summed E-state index contributed by atoms with van der Waals surface area (Å²) in [6, 6.07) is 37.5. The molecule has 6 rings (SSSR count). The van der Waals surface area contributed by atoms with Crippen molar-refractivity contribution in [2.75, 3.05) is 0 Å². The summed E-state index contributed by atoms with van der Waals surface area (Å²) in [5.74, 6) is -3.38. The molecule has 0 amide bonds. The van der Waals surface area contributed by atoms with Crippen molar-refractivity contribution in [3.05, 3.63) is 144 Å². The molecule has 0 saturated heterocycles. The molecule has 6 aromatic rings.